The first-order valence-corrected chi connectivity index (χ1v) is 10.7. The van der Waals surface area contributed by atoms with E-state index in [0.29, 0.717) is 30.8 Å². The van der Waals surface area contributed by atoms with Gasteiger partial charge < -0.3 is 19.3 Å². The Morgan fingerprint density at radius 3 is 2.74 bits per heavy atom. The highest BCUT2D eigenvalue weighted by atomic mass is 79.9. The maximum atomic E-state index is 14.9. The van der Waals surface area contributed by atoms with E-state index in [0.717, 1.165) is 0 Å². The van der Waals surface area contributed by atoms with Crippen LogP contribution >= 0.6 is 27.5 Å². The highest BCUT2D eigenvalue weighted by molar-refractivity contribution is 9.10. The summed E-state index contributed by atoms with van der Waals surface area (Å²) < 4.78 is 25.8. The van der Waals surface area contributed by atoms with E-state index in [4.69, 9.17) is 21.1 Å². The monoisotopic (exact) mass is 513 g/mol. The normalized spacial score (nSPS) is 16.9. The van der Waals surface area contributed by atoms with Crippen LogP contribution in [0.2, 0.25) is 5.28 Å². The van der Waals surface area contributed by atoms with Gasteiger partial charge in [-0.05, 0) is 54.4 Å². The van der Waals surface area contributed by atoms with E-state index in [1.54, 1.807) is 31.7 Å². The van der Waals surface area contributed by atoms with Crippen LogP contribution in [0.15, 0.2) is 10.5 Å². The largest absolute Gasteiger partial charge is 0.495 e. The van der Waals surface area contributed by atoms with E-state index in [9.17, 15) is 14.4 Å². The van der Waals surface area contributed by atoms with Gasteiger partial charge in [-0.1, -0.05) is 0 Å². The van der Waals surface area contributed by atoms with Gasteiger partial charge >= 0.3 is 6.09 Å². The molecule has 1 fully saturated rings. The molecule has 0 N–H and O–H groups in total. The molecule has 1 aliphatic rings. The number of benzene rings is 1. The molecular formula is C20H22BrClFN5O3. The first kappa shape index (κ1) is 23.3. The third-order valence-electron chi connectivity index (χ3n) is 4.75. The summed E-state index contributed by atoms with van der Waals surface area (Å²) >= 11 is 9.26. The number of hydrogen-bond donors (Lipinski definition) is 0. The van der Waals surface area contributed by atoms with Crippen LogP contribution in [0.5, 0.6) is 5.75 Å². The predicted molar refractivity (Wildman–Crippen MR) is 118 cm³/mol. The molecule has 2 aromatic rings. The summed E-state index contributed by atoms with van der Waals surface area (Å²) in [6.45, 7) is 6.36. The second kappa shape index (κ2) is 9.01. The number of fused-ring (bicyclic) bond motifs is 1. The summed E-state index contributed by atoms with van der Waals surface area (Å²) in [6.07, 6.45) is -0.370. The van der Waals surface area contributed by atoms with Crippen molar-refractivity contribution in [2.75, 3.05) is 31.6 Å². The summed E-state index contributed by atoms with van der Waals surface area (Å²) in [5.74, 6) is 0.0884. The average Bonchev–Trinajstić information content (AvgIpc) is 2.69. The molecule has 2 heterocycles. The van der Waals surface area contributed by atoms with Gasteiger partial charge in [0.15, 0.2) is 5.82 Å². The number of piperazine rings is 1. The molecule has 166 valence electrons. The third kappa shape index (κ3) is 4.93. The van der Waals surface area contributed by atoms with Gasteiger partial charge in [0.25, 0.3) is 0 Å². The molecule has 31 heavy (non-hydrogen) atoms. The summed E-state index contributed by atoms with van der Waals surface area (Å²) in [5, 5.41) is 9.61. The summed E-state index contributed by atoms with van der Waals surface area (Å²) in [5.41, 5.74) is -0.599. The van der Waals surface area contributed by atoms with Crippen LogP contribution in [-0.2, 0) is 4.74 Å². The minimum absolute atomic E-state index is 0.0501. The van der Waals surface area contributed by atoms with Crippen LogP contribution in [0.25, 0.3) is 10.9 Å². The van der Waals surface area contributed by atoms with Gasteiger partial charge in [-0.3, -0.25) is 0 Å². The van der Waals surface area contributed by atoms with Crippen molar-refractivity contribution in [3.8, 4) is 11.8 Å². The van der Waals surface area contributed by atoms with Gasteiger partial charge in [0.2, 0.25) is 5.28 Å². The Kier molecular flexibility index (Phi) is 6.76. The topological polar surface area (TPSA) is 91.6 Å². The average molecular weight is 515 g/mol. The number of carbonyl (C=O) groups excluding carboxylic acids is 1. The number of anilines is 1. The SMILES string of the molecule is COc1cc2c(N3CCN(C(=O)OC(C)(C)C)[C@@H](CC#N)C3)nc(Cl)nc2c(F)c1Br. The van der Waals surface area contributed by atoms with Crippen molar-refractivity contribution < 1.29 is 18.7 Å². The van der Waals surface area contributed by atoms with Crippen molar-refractivity contribution in [3.63, 3.8) is 0 Å². The molecule has 1 amide bonds. The standard InChI is InChI=1S/C20H22BrClFN5O3/c1-20(2,3)31-19(29)28-8-7-27(10-11(28)5-6-24)17-12-9-13(30-4)14(21)15(23)16(12)25-18(22)26-17/h9,11H,5,7-8,10H2,1-4H3/t11-/m0/s1. The van der Waals surface area contributed by atoms with Crippen LogP contribution in [0.1, 0.15) is 27.2 Å². The van der Waals surface area contributed by atoms with Gasteiger partial charge in [0, 0.05) is 25.0 Å². The van der Waals surface area contributed by atoms with Crippen LogP contribution in [0.4, 0.5) is 15.0 Å². The van der Waals surface area contributed by atoms with Crippen molar-refractivity contribution in [2.45, 2.75) is 38.8 Å². The number of ether oxygens (including phenoxy) is 2. The lowest BCUT2D eigenvalue weighted by Crippen LogP contribution is -2.56. The van der Waals surface area contributed by atoms with Crippen molar-refractivity contribution in [2.24, 2.45) is 0 Å². The Balaban J connectivity index is 1.99. The van der Waals surface area contributed by atoms with Gasteiger partial charge in [-0.25, -0.2) is 14.2 Å². The number of nitrogens with zero attached hydrogens (tertiary/aromatic N) is 5. The molecule has 0 bridgehead atoms. The number of rotatable bonds is 3. The predicted octanol–water partition coefficient (Wildman–Crippen LogP) is 4.53. The third-order valence-corrected chi connectivity index (χ3v) is 5.66. The lowest BCUT2D eigenvalue weighted by molar-refractivity contribution is 0.0145. The Bertz CT molecular complexity index is 1060. The highest BCUT2D eigenvalue weighted by Crippen LogP contribution is 2.37. The first-order valence-electron chi connectivity index (χ1n) is 9.56. The van der Waals surface area contributed by atoms with E-state index in [1.807, 2.05) is 4.90 Å². The van der Waals surface area contributed by atoms with E-state index in [1.165, 1.54) is 7.11 Å². The molecular weight excluding hydrogens is 493 g/mol. The number of hydrogen-bond acceptors (Lipinski definition) is 7. The van der Waals surface area contributed by atoms with Crippen LogP contribution < -0.4 is 9.64 Å². The summed E-state index contributed by atoms with van der Waals surface area (Å²) in [4.78, 5) is 24.4. The molecule has 11 heteroatoms. The molecule has 0 saturated carbocycles. The Hall–Kier alpha value is -2.38. The first-order chi connectivity index (χ1) is 14.6. The Morgan fingerprint density at radius 1 is 1.42 bits per heavy atom. The smallest absolute Gasteiger partial charge is 0.410 e. The zero-order valence-corrected chi connectivity index (χ0v) is 19.9. The maximum Gasteiger partial charge on any atom is 0.410 e. The number of methoxy groups -OCH3 is 1. The molecule has 0 unspecified atom stereocenters. The van der Waals surface area contributed by atoms with E-state index >= 15 is 0 Å². The maximum absolute atomic E-state index is 14.9. The molecule has 1 aromatic heterocycles. The summed E-state index contributed by atoms with van der Waals surface area (Å²) in [6, 6.07) is 3.32. The van der Waals surface area contributed by atoms with E-state index < -0.39 is 23.6 Å². The molecule has 1 aliphatic heterocycles. The second-order valence-electron chi connectivity index (χ2n) is 8.06. The lowest BCUT2D eigenvalue weighted by atomic mass is 10.1. The van der Waals surface area contributed by atoms with Crippen LogP contribution in [-0.4, -0.2) is 59.3 Å². The van der Waals surface area contributed by atoms with Gasteiger partial charge in [-0.15, -0.1) is 0 Å². The molecule has 0 radical (unpaired) electrons. The van der Waals surface area contributed by atoms with E-state index in [2.05, 4.69) is 32.0 Å². The zero-order chi connectivity index (χ0) is 22.9. The minimum Gasteiger partial charge on any atom is -0.495 e. The van der Waals surface area contributed by atoms with E-state index in [-0.39, 0.29) is 27.4 Å². The van der Waals surface area contributed by atoms with Crippen molar-refractivity contribution in [1.29, 1.82) is 5.26 Å². The molecule has 3 rings (SSSR count). The van der Waals surface area contributed by atoms with Gasteiger partial charge in [-0.2, -0.15) is 10.2 Å². The number of nitriles is 1. The van der Waals surface area contributed by atoms with Crippen molar-refractivity contribution in [3.05, 3.63) is 21.6 Å². The molecule has 1 saturated heterocycles. The Labute approximate surface area is 193 Å². The van der Waals surface area contributed by atoms with Crippen molar-refractivity contribution >= 4 is 50.3 Å². The number of amides is 1. The number of carbonyl (C=O) groups is 1. The zero-order valence-electron chi connectivity index (χ0n) is 17.6. The van der Waals surface area contributed by atoms with Crippen LogP contribution in [0.3, 0.4) is 0 Å². The minimum atomic E-state index is -0.650. The summed E-state index contributed by atoms with van der Waals surface area (Å²) in [7, 11) is 1.43. The Morgan fingerprint density at radius 2 is 2.13 bits per heavy atom. The molecule has 0 spiro atoms. The highest BCUT2D eigenvalue weighted by Gasteiger charge is 2.34. The lowest BCUT2D eigenvalue weighted by Gasteiger charge is -2.41. The molecule has 1 aromatic carbocycles. The molecule has 1 atom stereocenters. The molecule has 8 nitrogen and oxygen atoms in total. The number of aromatic nitrogens is 2. The fourth-order valence-electron chi connectivity index (χ4n) is 3.42. The fraction of sp³-hybridized carbons (Fsp3) is 0.500. The van der Waals surface area contributed by atoms with Gasteiger partial charge in [0.05, 0.1) is 30.1 Å². The van der Waals surface area contributed by atoms with Crippen LogP contribution in [0, 0.1) is 17.1 Å². The van der Waals surface area contributed by atoms with Crippen molar-refractivity contribution in [1.82, 2.24) is 14.9 Å². The quantitative estimate of drug-likeness (QED) is 0.556. The van der Waals surface area contributed by atoms with Gasteiger partial charge in [0.1, 0.15) is 22.7 Å². The molecule has 0 aliphatic carbocycles. The number of halogens is 3. The second-order valence-corrected chi connectivity index (χ2v) is 9.19. The fourth-order valence-corrected chi connectivity index (χ4v) is 4.04.